The molecule has 1 saturated carbocycles. The van der Waals surface area contributed by atoms with E-state index in [1.54, 1.807) is 31.4 Å². The van der Waals surface area contributed by atoms with Crippen LogP contribution < -0.4 is 9.47 Å². The number of benzene rings is 1. The van der Waals surface area contributed by atoms with Crippen molar-refractivity contribution < 1.29 is 24.1 Å². The lowest BCUT2D eigenvalue weighted by atomic mass is 9.78. The maximum atomic E-state index is 11.6. The summed E-state index contributed by atoms with van der Waals surface area (Å²) in [6.45, 7) is 5.35. The van der Waals surface area contributed by atoms with E-state index in [0.29, 0.717) is 36.5 Å². The van der Waals surface area contributed by atoms with Gasteiger partial charge in [-0.25, -0.2) is 0 Å². The largest absolute Gasteiger partial charge is 0.493 e. The summed E-state index contributed by atoms with van der Waals surface area (Å²) in [6, 6.07) is 5.33. The second kappa shape index (κ2) is 8.20. The van der Waals surface area contributed by atoms with Crippen molar-refractivity contribution in [3.63, 3.8) is 0 Å². The van der Waals surface area contributed by atoms with E-state index in [0.717, 1.165) is 19.3 Å². The first kappa shape index (κ1) is 18.3. The first-order valence-electron chi connectivity index (χ1n) is 8.31. The SMILES string of the molecule is C=CCOc1ccc(C(OC(C)=O)C2(O)CCCCC2)cc1OC. The van der Waals surface area contributed by atoms with E-state index in [1.807, 2.05) is 0 Å². The predicted molar refractivity (Wildman–Crippen MR) is 91.2 cm³/mol. The monoisotopic (exact) mass is 334 g/mol. The van der Waals surface area contributed by atoms with Crippen molar-refractivity contribution >= 4 is 5.97 Å². The molecule has 2 rings (SSSR count). The Morgan fingerprint density at radius 2 is 2.04 bits per heavy atom. The van der Waals surface area contributed by atoms with Crippen LogP contribution in [0.15, 0.2) is 30.9 Å². The van der Waals surface area contributed by atoms with Crippen molar-refractivity contribution in [2.24, 2.45) is 0 Å². The third-order valence-corrected chi connectivity index (χ3v) is 4.34. The van der Waals surface area contributed by atoms with Gasteiger partial charge in [0, 0.05) is 6.92 Å². The molecule has 0 bridgehead atoms. The summed E-state index contributed by atoms with van der Waals surface area (Å²) in [5.74, 6) is 0.703. The summed E-state index contributed by atoms with van der Waals surface area (Å²) in [7, 11) is 1.55. The van der Waals surface area contributed by atoms with Crippen LogP contribution in [0.3, 0.4) is 0 Å². The van der Waals surface area contributed by atoms with Crippen LogP contribution in [0.4, 0.5) is 0 Å². The van der Waals surface area contributed by atoms with E-state index in [1.165, 1.54) is 6.92 Å². The minimum atomic E-state index is -1.04. The Morgan fingerprint density at radius 3 is 2.62 bits per heavy atom. The maximum Gasteiger partial charge on any atom is 0.303 e. The Morgan fingerprint density at radius 1 is 1.33 bits per heavy atom. The molecule has 1 fully saturated rings. The summed E-state index contributed by atoms with van der Waals surface area (Å²) in [5, 5.41) is 11.0. The zero-order chi connectivity index (χ0) is 17.6. The molecule has 0 spiro atoms. The van der Waals surface area contributed by atoms with Crippen LogP contribution in [0.1, 0.15) is 50.7 Å². The summed E-state index contributed by atoms with van der Waals surface area (Å²) < 4.78 is 16.4. The Labute approximate surface area is 143 Å². The van der Waals surface area contributed by atoms with Crippen LogP contribution >= 0.6 is 0 Å². The second-order valence-corrected chi connectivity index (χ2v) is 6.16. The molecule has 0 aromatic heterocycles. The third-order valence-electron chi connectivity index (χ3n) is 4.34. The van der Waals surface area contributed by atoms with Crippen molar-refractivity contribution in [1.29, 1.82) is 0 Å². The molecule has 0 saturated heterocycles. The molecule has 132 valence electrons. The van der Waals surface area contributed by atoms with Gasteiger partial charge in [-0.2, -0.15) is 0 Å². The van der Waals surface area contributed by atoms with Crippen LogP contribution in [0.5, 0.6) is 11.5 Å². The first-order valence-corrected chi connectivity index (χ1v) is 8.31. The topological polar surface area (TPSA) is 65.0 Å². The Bertz CT molecular complexity index is 575. The Kier molecular flexibility index (Phi) is 6.26. The number of carbonyl (C=O) groups is 1. The van der Waals surface area contributed by atoms with Crippen molar-refractivity contribution in [2.45, 2.75) is 50.7 Å². The fraction of sp³-hybridized carbons (Fsp3) is 0.526. The third kappa shape index (κ3) is 4.29. The van der Waals surface area contributed by atoms with Crippen LogP contribution in [0.2, 0.25) is 0 Å². The molecule has 0 aliphatic heterocycles. The van der Waals surface area contributed by atoms with Crippen LogP contribution in [-0.2, 0) is 9.53 Å². The average molecular weight is 334 g/mol. The number of carbonyl (C=O) groups excluding carboxylic acids is 1. The van der Waals surface area contributed by atoms with E-state index in [9.17, 15) is 9.90 Å². The summed E-state index contributed by atoms with van der Waals surface area (Å²) in [6.07, 6.45) is 5.10. The lowest BCUT2D eigenvalue weighted by Gasteiger charge is -2.38. The van der Waals surface area contributed by atoms with E-state index >= 15 is 0 Å². The van der Waals surface area contributed by atoms with Gasteiger partial charge in [0.1, 0.15) is 12.2 Å². The minimum absolute atomic E-state index is 0.368. The van der Waals surface area contributed by atoms with Gasteiger partial charge in [0.15, 0.2) is 17.6 Å². The lowest BCUT2D eigenvalue weighted by Crippen LogP contribution is -2.40. The van der Waals surface area contributed by atoms with Gasteiger partial charge in [-0.15, -0.1) is 0 Å². The lowest BCUT2D eigenvalue weighted by molar-refractivity contribution is -0.168. The fourth-order valence-corrected chi connectivity index (χ4v) is 3.20. The highest BCUT2D eigenvalue weighted by atomic mass is 16.6. The van der Waals surface area contributed by atoms with Gasteiger partial charge >= 0.3 is 5.97 Å². The Hall–Kier alpha value is -2.01. The number of aliphatic hydroxyl groups is 1. The number of methoxy groups -OCH3 is 1. The molecule has 5 heteroatoms. The molecule has 24 heavy (non-hydrogen) atoms. The second-order valence-electron chi connectivity index (χ2n) is 6.16. The molecule has 1 unspecified atom stereocenters. The zero-order valence-electron chi connectivity index (χ0n) is 14.4. The molecule has 1 aliphatic carbocycles. The van der Waals surface area contributed by atoms with Crippen molar-refractivity contribution in [2.75, 3.05) is 13.7 Å². The minimum Gasteiger partial charge on any atom is -0.493 e. The molecule has 1 atom stereocenters. The van der Waals surface area contributed by atoms with Gasteiger partial charge in [0.2, 0.25) is 0 Å². The Balaban J connectivity index is 2.34. The van der Waals surface area contributed by atoms with E-state index in [-0.39, 0.29) is 0 Å². The van der Waals surface area contributed by atoms with Gasteiger partial charge in [0.05, 0.1) is 7.11 Å². The molecule has 0 heterocycles. The number of hydrogen-bond donors (Lipinski definition) is 1. The van der Waals surface area contributed by atoms with Crippen molar-refractivity contribution in [3.8, 4) is 11.5 Å². The summed E-state index contributed by atoms with van der Waals surface area (Å²) in [4.78, 5) is 11.6. The first-order chi connectivity index (χ1) is 11.5. The van der Waals surface area contributed by atoms with Crippen LogP contribution in [0, 0.1) is 0 Å². The maximum absolute atomic E-state index is 11.6. The molecule has 1 aromatic rings. The van der Waals surface area contributed by atoms with Gasteiger partial charge in [-0.1, -0.05) is 38.0 Å². The highest BCUT2D eigenvalue weighted by Gasteiger charge is 2.41. The normalized spacial score (nSPS) is 17.6. The molecular formula is C19H26O5. The van der Waals surface area contributed by atoms with E-state index in [4.69, 9.17) is 14.2 Å². The average Bonchev–Trinajstić information content (AvgIpc) is 2.58. The molecule has 1 aromatic carbocycles. The quantitative estimate of drug-likeness (QED) is 0.610. The molecular weight excluding hydrogens is 308 g/mol. The fourth-order valence-electron chi connectivity index (χ4n) is 3.20. The molecule has 1 N–H and O–H groups in total. The number of ether oxygens (including phenoxy) is 3. The van der Waals surface area contributed by atoms with Gasteiger partial charge < -0.3 is 19.3 Å². The van der Waals surface area contributed by atoms with Crippen molar-refractivity contribution in [1.82, 2.24) is 0 Å². The highest BCUT2D eigenvalue weighted by molar-refractivity contribution is 5.66. The van der Waals surface area contributed by atoms with Gasteiger partial charge in [-0.05, 0) is 30.5 Å². The summed E-state index contributed by atoms with van der Waals surface area (Å²) in [5.41, 5.74) is -0.337. The number of rotatable bonds is 7. The molecule has 0 amide bonds. The number of hydrogen-bond acceptors (Lipinski definition) is 5. The molecule has 0 radical (unpaired) electrons. The van der Waals surface area contributed by atoms with Crippen molar-refractivity contribution in [3.05, 3.63) is 36.4 Å². The van der Waals surface area contributed by atoms with Gasteiger partial charge in [0.25, 0.3) is 0 Å². The summed E-state index contributed by atoms with van der Waals surface area (Å²) >= 11 is 0. The van der Waals surface area contributed by atoms with E-state index < -0.39 is 17.7 Å². The van der Waals surface area contributed by atoms with E-state index in [2.05, 4.69) is 6.58 Å². The number of esters is 1. The molecule has 5 nitrogen and oxygen atoms in total. The highest BCUT2D eigenvalue weighted by Crippen LogP contribution is 2.42. The standard InChI is InChI=1S/C19H26O5/c1-4-12-23-16-9-8-15(13-17(16)22-3)18(24-14(2)20)19(21)10-6-5-7-11-19/h4,8-9,13,18,21H,1,5-7,10-12H2,2-3H3. The van der Waals surface area contributed by atoms with Gasteiger partial charge in [-0.3, -0.25) is 4.79 Å². The zero-order valence-corrected chi connectivity index (χ0v) is 14.4. The smallest absolute Gasteiger partial charge is 0.303 e. The van der Waals surface area contributed by atoms with Crippen LogP contribution in [0.25, 0.3) is 0 Å². The van der Waals surface area contributed by atoms with Crippen LogP contribution in [-0.4, -0.2) is 30.4 Å². The predicted octanol–water partition coefficient (Wildman–Crippen LogP) is 3.56. The molecule has 1 aliphatic rings.